The van der Waals surface area contributed by atoms with Gasteiger partial charge in [0.15, 0.2) is 0 Å². The number of likely N-dealkylation sites (tertiary alicyclic amines) is 1. The highest BCUT2D eigenvalue weighted by molar-refractivity contribution is 5.97. The zero-order valence-electron chi connectivity index (χ0n) is 14.8. The van der Waals surface area contributed by atoms with Gasteiger partial charge in [0.2, 0.25) is 0 Å². The second-order valence-electron chi connectivity index (χ2n) is 6.57. The largest absolute Gasteiger partial charge is 0.491 e. The minimum absolute atomic E-state index is 0.0188. The van der Waals surface area contributed by atoms with E-state index in [4.69, 9.17) is 4.74 Å². The van der Waals surface area contributed by atoms with Crippen molar-refractivity contribution in [1.29, 1.82) is 0 Å². The average Bonchev–Trinajstić information content (AvgIpc) is 3.16. The van der Waals surface area contributed by atoms with Crippen molar-refractivity contribution < 1.29 is 9.53 Å². The number of aromatic nitrogens is 3. The number of rotatable bonds is 6. The molecule has 1 saturated heterocycles. The zero-order valence-corrected chi connectivity index (χ0v) is 14.8. The molecule has 0 saturated carbocycles. The molecule has 3 rings (SSSR count). The van der Waals surface area contributed by atoms with Crippen molar-refractivity contribution in [2.45, 2.75) is 18.9 Å². The molecule has 1 aliphatic rings. The molecule has 7 nitrogen and oxygen atoms in total. The van der Waals surface area contributed by atoms with E-state index in [1.165, 1.54) is 6.33 Å². The molecule has 1 aromatic carbocycles. The molecule has 0 radical (unpaired) electrons. The lowest BCUT2D eigenvalue weighted by Gasteiger charge is -2.33. The number of para-hydroxylation sites is 1. The summed E-state index contributed by atoms with van der Waals surface area (Å²) in [5.74, 6) is 0.669. The van der Waals surface area contributed by atoms with Crippen LogP contribution in [0, 0.1) is 0 Å². The maximum Gasteiger partial charge on any atom is 0.257 e. The van der Waals surface area contributed by atoms with Gasteiger partial charge in [-0.05, 0) is 39.1 Å². The summed E-state index contributed by atoms with van der Waals surface area (Å²) >= 11 is 0. The van der Waals surface area contributed by atoms with Crippen LogP contribution in [0.15, 0.2) is 36.9 Å². The minimum Gasteiger partial charge on any atom is -0.491 e. The van der Waals surface area contributed by atoms with E-state index >= 15 is 0 Å². The van der Waals surface area contributed by atoms with Gasteiger partial charge in [0.25, 0.3) is 5.91 Å². The Hall–Kier alpha value is -2.41. The molecule has 0 bridgehead atoms. The Morgan fingerprint density at radius 2 is 2.20 bits per heavy atom. The molecule has 1 aromatic heterocycles. The molecular formula is C18H25N5O2. The number of carbonyl (C=O) groups excluding carboxylic acids is 1. The number of piperidine rings is 1. The van der Waals surface area contributed by atoms with Crippen LogP contribution < -0.4 is 4.74 Å². The molecular weight excluding hydrogens is 318 g/mol. The van der Waals surface area contributed by atoms with Crippen LogP contribution in [0.3, 0.4) is 0 Å². The van der Waals surface area contributed by atoms with Crippen LogP contribution in [0.5, 0.6) is 5.75 Å². The molecule has 0 spiro atoms. The summed E-state index contributed by atoms with van der Waals surface area (Å²) in [4.78, 5) is 21.0. The summed E-state index contributed by atoms with van der Waals surface area (Å²) in [7, 11) is 4.00. The second-order valence-corrected chi connectivity index (χ2v) is 6.57. The van der Waals surface area contributed by atoms with E-state index in [1.807, 2.05) is 47.9 Å². The van der Waals surface area contributed by atoms with E-state index in [0.717, 1.165) is 25.9 Å². The predicted molar refractivity (Wildman–Crippen MR) is 94.7 cm³/mol. The predicted octanol–water partition coefficient (Wildman–Crippen LogP) is 1.70. The number of hydrogen-bond donors (Lipinski definition) is 0. The van der Waals surface area contributed by atoms with Gasteiger partial charge in [-0.25, -0.2) is 9.67 Å². The van der Waals surface area contributed by atoms with Crippen LogP contribution in [0.2, 0.25) is 0 Å². The summed E-state index contributed by atoms with van der Waals surface area (Å²) in [6.45, 7) is 2.77. The first-order valence-corrected chi connectivity index (χ1v) is 8.65. The van der Waals surface area contributed by atoms with Gasteiger partial charge >= 0.3 is 0 Å². The third kappa shape index (κ3) is 4.36. The maximum absolute atomic E-state index is 13.0. The summed E-state index contributed by atoms with van der Waals surface area (Å²) in [5.41, 5.74) is 0.625. The van der Waals surface area contributed by atoms with Gasteiger partial charge < -0.3 is 14.5 Å². The van der Waals surface area contributed by atoms with Gasteiger partial charge in [0, 0.05) is 19.6 Å². The summed E-state index contributed by atoms with van der Waals surface area (Å²) < 4.78 is 7.69. The van der Waals surface area contributed by atoms with Crippen molar-refractivity contribution in [3.63, 3.8) is 0 Å². The highest BCUT2D eigenvalue weighted by atomic mass is 16.5. The van der Waals surface area contributed by atoms with E-state index in [0.29, 0.717) is 24.5 Å². The van der Waals surface area contributed by atoms with E-state index in [1.54, 1.807) is 6.33 Å². The lowest BCUT2D eigenvalue weighted by molar-refractivity contribution is 0.0668. The van der Waals surface area contributed by atoms with Crippen LogP contribution in [0.1, 0.15) is 29.2 Å². The van der Waals surface area contributed by atoms with E-state index < -0.39 is 0 Å². The first-order valence-electron chi connectivity index (χ1n) is 8.65. The van der Waals surface area contributed by atoms with Crippen molar-refractivity contribution in [2.24, 2.45) is 0 Å². The Kier molecular flexibility index (Phi) is 5.65. The van der Waals surface area contributed by atoms with Gasteiger partial charge in [-0.2, -0.15) is 5.10 Å². The fourth-order valence-electron chi connectivity index (χ4n) is 3.04. The molecule has 7 heteroatoms. The van der Waals surface area contributed by atoms with Crippen molar-refractivity contribution in [3.8, 4) is 5.75 Å². The Morgan fingerprint density at radius 3 is 2.96 bits per heavy atom. The minimum atomic E-state index is 0.0188. The SMILES string of the molecule is CN(C)CCOc1ccccc1C(=O)N1CCCC(n2cncn2)C1. The number of ether oxygens (including phenoxy) is 1. The van der Waals surface area contributed by atoms with Crippen molar-refractivity contribution >= 4 is 5.91 Å². The lowest BCUT2D eigenvalue weighted by atomic mass is 10.0. The number of carbonyl (C=O) groups is 1. The van der Waals surface area contributed by atoms with Crippen molar-refractivity contribution in [1.82, 2.24) is 24.6 Å². The number of likely N-dealkylation sites (N-methyl/N-ethyl adjacent to an activating group) is 1. The molecule has 25 heavy (non-hydrogen) atoms. The number of nitrogens with zero attached hydrogens (tertiary/aromatic N) is 5. The van der Waals surface area contributed by atoms with Crippen molar-refractivity contribution in [3.05, 3.63) is 42.5 Å². The highest BCUT2D eigenvalue weighted by Crippen LogP contribution is 2.25. The Balaban J connectivity index is 1.70. The smallest absolute Gasteiger partial charge is 0.257 e. The third-order valence-electron chi connectivity index (χ3n) is 4.41. The van der Waals surface area contributed by atoms with Gasteiger partial charge in [-0.3, -0.25) is 4.79 Å². The molecule has 1 unspecified atom stereocenters. The maximum atomic E-state index is 13.0. The monoisotopic (exact) mass is 343 g/mol. The van der Waals surface area contributed by atoms with Crippen LogP contribution in [-0.4, -0.2) is 70.8 Å². The van der Waals surface area contributed by atoms with Crippen LogP contribution >= 0.6 is 0 Å². The molecule has 2 aromatic rings. The fraction of sp³-hybridized carbons (Fsp3) is 0.500. The lowest BCUT2D eigenvalue weighted by Crippen LogP contribution is -2.41. The molecule has 1 fully saturated rings. The summed E-state index contributed by atoms with van der Waals surface area (Å²) in [5, 5.41) is 4.22. The Labute approximate surface area is 148 Å². The number of benzene rings is 1. The van der Waals surface area contributed by atoms with Crippen LogP contribution in [0.25, 0.3) is 0 Å². The third-order valence-corrected chi connectivity index (χ3v) is 4.41. The van der Waals surface area contributed by atoms with Crippen LogP contribution in [0.4, 0.5) is 0 Å². The molecule has 1 atom stereocenters. The van der Waals surface area contributed by atoms with E-state index in [-0.39, 0.29) is 11.9 Å². The van der Waals surface area contributed by atoms with Gasteiger partial charge in [0.05, 0.1) is 11.6 Å². The molecule has 1 aliphatic heterocycles. The standard InChI is InChI=1S/C18H25N5O2/c1-21(2)10-11-25-17-8-4-3-7-16(17)18(24)22-9-5-6-15(12-22)23-14-19-13-20-23/h3-4,7-8,13-15H,5-6,9-12H2,1-2H3. The van der Waals surface area contributed by atoms with E-state index in [9.17, 15) is 4.79 Å². The topological polar surface area (TPSA) is 63.5 Å². The number of amides is 1. The number of hydrogen-bond acceptors (Lipinski definition) is 5. The quantitative estimate of drug-likeness (QED) is 0.799. The van der Waals surface area contributed by atoms with Crippen LogP contribution in [-0.2, 0) is 0 Å². The Morgan fingerprint density at radius 1 is 1.36 bits per heavy atom. The molecule has 0 aliphatic carbocycles. The fourth-order valence-corrected chi connectivity index (χ4v) is 3.04. The Bertz CT molecular complexity index is 687. The van der Waals surface area contributed by atoms with Gasteiger partial charge in [-0.1, -0.05) is 12.1 Å². The van der Waals surface area contributed by atoms with Crippen molar-refractivity contribution in [2.75, 3.05) is 40.3 Å². The van der Waals surface area contributed by atoms with Gasteiger partial charge in [-0.15, -0.1) is 0 Å². The zero-order chi connectivity index (χ0) is 17.6. The molecule has 2 heterocycles. The van der Waals surface area contributed by atoms with E-state index in [2.05, 4.69) is 15.0 Å². The molecule has 1 amide bonds. The molecule has 0 N–H and O–H groups in total. The molecule has 134 valence electrons. The second kappa shape index (κ2) is 8.11. The highest BCUT2D eigenvalue weighted by Gasteiger charge is 2.27. The average molecular weight is 343 g/mol. The summed E-state index contributed by atoms with van der Waals surface area (Å²) in [6.07, 6.45) is 5.22. The van der Waals surface area contributed by atoms with Gasteiger partial charge in [0.1, 0.15) is 25.0 Å². The first-order chi connectivity index (χ1) is 12.1. The first kappa shape index (κ1) is 17.4. The normalized spacial score (nSPS) is 17.7. The summed E-state index contributed by atoms with van der Waals surface area (Å²) in [6, 6.07) is 7.66.